The van der Waals surface area contributed by atoms with Gasteiger partial charge >= 0.3 is 0 Å². The third kappa shape index (κ3) is 3.86. The van der Waals surface area contributed by atoms with Crippen molar-refractivity contribution in [3.63, 3.8) is 0 Å². The van der Waals surface area contributed by atoms with Crippen LogP contribution in [0.25, 0.3) is 11.4 Å². The van der Waals surface area contributed by atoms with Gasteiger partial charge in [0.15, 0.2) is 0 Å². The van der Waals surface area contributed by atoms with E-state index in [4.69, 9.17) is 0 Å². The number of hydrogen-bond acceptors (Lipinski definition) is 4. The van der Waals surface area contributed by atoms with Crippen LogP contribution in [-0.2, 0) is 4.79 Å². The maximum Gasteiger partial charge on any atom is 0.225 e. The van der Waals surface area contributed by atoms with Crippen molar-refractivity contribution in [1.29, 1.82) is 0 Å². The van der Waals surface area contributed by atoms with Crippen molar-refractivity contribution in [2.75, 3.05) is 23.4 Å². The zero-order valence-corrected chi connectivity index (χ0v) is 12.5. The van der Waals surface area contributed by atoms with Crippen molar-refractivity contribution in [3.8, 4) is 11.4 Å². The lowest BCUT2D eigenvalue weighted by atomic mass is 10.1. The SMILES string of the molecule is O=C(CC1CSCCN1)Nc1cccc(-c2ncc[nH]2)c1. The lowest BCUT2D eigenvalue weighted by Gasteiger charge is -2.22. The van der Waals surface area contributed by atoms with E-state index in [2.05, 4.69) is 20.6 Å². The van der Waals surface area contributed by atoms with E-state index >= 15 is 0 Å². The molecule has 5 nitrogen and oxygen atoms in total. The first kappa shape index (κ1) is 14.2. The van der Waals surface area contributed by atoms with Gasteiger partial charge in [0.2, 0.25) is 5.91 Å². The summed E-state index contributed by atoms with van der Waals surface area (Å²) >= 11 is 1.90. The van der Waals surface area contributed by atoms with Gasteiger partial charge in [0.05, 0.1) is 0 Å². The fourth-order valence-electron chi connectivity index (χ4n) is 2.35. The largest absolute Gasteiger partial charge is 0.345 e. The van der Waals surface area contributed by atoms with Crippen molar-refractivity contribution in [1.82, 2.24) is 15.3 Å². The number of hydrogen-bond donors (Lipinski definition) is 3. The number of anilines is 1. The zero-order valence-electron chi connectivity index (χ0n) is 11.6. The van der Waals surface area contributed by atoms with Gasteiger partial charge in [0.1, 0.15) is 5.82 Å². The van der Waals surface area contributed by atoms with Crippen molar-refractivity contribution >= 4 is 23.4 Å². The number of imidazole rings is 1. The number of thioether (sulfide) groups is 1. The highest BCUT2D eigenvalue weighted by molar-refractivity contribution is 7.99. The van der Waals surface area contributed by atoms with E-state index in [0.717, 1.165) is 35.1 Å². The predicted molar refractivity (Wildman–Crippen MR) is 86.4 cm³/mol. The molecule has 0 aliphatic carbocycles. The number of H-pyrrole nitrogens is 1. The summed E-state index contributed by atoms with van der Waals surface area (Å²) in [5, 5.41) is 6.33. The van der Waals surface area contributed by atoms with E-state index in [1.54, 1.807) is 12.4 Å². The molecule has 110 valence electrons. The van der Waals surface area contributed by atoms with E-state index in [-0.39, 0.29) is 11.9 Å². The van der Waals surface area contributed by atoms with Gasteiger partial charge in [-0.05, 0) is 12.1 Å². The van der Waals surface area contributed by atoms with E-state index in [1.807, 2.05) is 36.0 Å². The van der Waals surface area contributed by atoms with E-state index in [9.17, 15) is 4.79 Å². The van der Waals surface area contributed by atoms with Gasteiger partial charge in [-0.2, -0.15) is 11.8 Å². The van der Waals surface area contributed by atoms with Crippen LogP contribution in [-0.4, -0.2) is 40.0 Å². The summed E-state index contributed by atoms with van der Waals surface area (Å²) in [7, 11) is 0. The molecule has 2 aromatic rings. The minimum Gasteiger partial charge on any atom is -0.345 e. The molecule has 0 saturated carbocycles. The summed E-state index contributed by atoms with van der Waals surface area (Å²) < 4.78 is 0. The average Bonchev–Trinajstić information content (AvgIpc) is 3.02. The fourth-order valence-corrected chi connectivity index (χ4v) is 3.30. The molecular formula is C15H18N4OS. The first-order valence-corrected chi connectivity index (χ1v) is 8.17. The highest BCUT2D eigenvalue weighted by atomic mass is 32.2. The van der Waals surface area contributed by atoms with Crippen LogP contribution in [0.3, 0.4) is 0 Å². The molecule has 1 amide bonds. The number of aromatic nitrogens is 2. The van der Waals surface area contributed by atoms with E-state index < -0.39 is 0 Å². The molecule has 2 heterocycles. The second-order valence-corrected chi connectivity index (χ2v) is 6.15. The van der Waals surface area contributed by atoms with Crippen LogP contribution in [0, 0.1) is 0 Å². The van der Waals surface area contributed by atoms with Crippen molar-refractivity contribution in [2.24, 2.45) is 0 Å². The quantitative estimate of drug-likeness (QED) is 0.809. The Kier molecular flexibility index (Phi) is 4.57. The Morgan fingerprint density at radius 1 is 1.48 bits per heavy atom. The number of aromatic amines is 1. The van der Waals surface area contributed by atoms with Crippen LogP contribution >= 0.6 is 11.8 Å². The topological polar surface area (TPSA) is 69.8 Å². The Bertz CT molecular complexity index is 593. The molecule has 1 fully saturated rings. The third-order valence-corrected chi connectivity index (χ3v) is 4.48. The molecule has 1 saturated heterocycles. The van der Waals surface area contributed by atoms with E-state index in [1.165, 1.54) is 0 Å². The molecule has 1 aliphatic rings. The molecule has 1 aliphatic heterocycles. The molecule has 3 N–H and O–H groups in total. The second kappa shape index (κ2) is 6.78. The number of amides is 1. The summed E-state index contributed by atoms with van der Waals surface area (Å²) in [5.74, 6) is 2.98. The molecule has 0 spiro atoms. The highest BCUT2D eigenvalue weighted by Gasteiger charge is 2.16. The molecule has 3 rings (SSSR count). The number of carbonyl (C=O) groups is 1. The van der Waals surface area contributed by atoms with Gasteiger partial charge in [-0.1, -0.05) is 12.1 Å². The molecule has 21 heavy (non-hydrogen) atoms. The first-order chi connectivity index (χ1) is 10.3. The van der Waals surface area contributed by atoms with Crippen LogP contribution in [0.2, 0.25) is 0 Å². The van der Waals surface area contributed by atoms with Gasteiger partial charge in [0.25, 0.3) is 0 Å². The number of nitrogens with one attached hydrogen (secondary N) is 3. The van der Waals surface area contributed by atoms with Crippen molar-refractivity contribution < 1.29 is 4.79 Å². The summed E-state index contributed by atoms with van der Waals surface area (Å²) in [4.78, 5) is 19.4. The smallest absolute Gasteiger partial charge is 0.225 e. The van der Waals surface area contributed by atoms with Gasteiger partial charge in [-0.15, -0.1) is 0 Å². The van der Waals surface area contributed by atoms with Crippen LogP contribution in [0.5, 0.6) is 0 Å². The first-order valence-electron chi connectivity index (χ1n) is 7.02. The van der Waals surface area contributed by atoms with E-state index in [0.29, 0.717) is 6.42 Å². The highest BCUT2D eigenvalue weighted by Crippen LogP contribution is 2.19. The summed E-state index contributed by atoms with van der Waals surface area (Å²) in [5.41, 5.74) is 1.77. The predicted octanol–water partition coefficient (Wildman–Crippen LogP) is 2.11. The second-order valence-electron chi connectivity index (χ2n) is 5.00. The fraction of sp³-hybridized carbons (Fsp3) is 0.333. The molecule has 0 bridgehead atoms. The molecule has 0 radical (unpaired) electrons. The lowest BCUT2D eigenvalue weighted by Crippen LogP contribution is -2.39. The molecule has 6 heteroatoms. The molecular weight excluding hydrogens is 284 g/mol. The minimum absolute atomic E-state index is 0.0478. The number of benzene rings is 1. The van der Waals surface area contributed by atoms with Gasteiger partial charge < -0.3 is 15.6 Å². The summed E-state index contributed by atoms with van der Waals surface area (Å²) in [6.07, 6.45) is 4.01. The standard InChI is InChI=1S/C15H18N4OS/c20-14(9-13-10-21-7-6-16-13)19-12-3-1-2-11(8-12)15-17-4-5-18-15/h1-5,8,13,16H,6-7,9-10H2,(H,17,18)(H,19,20). The van der Waals surface area contributed by atoms with Crippen molar-refractivity contribution in [2.45, 2.75) is 12.5 Å². The van der Waals surface area contributed by atoms with Crippen LogP contribution in [0.4, 0.5) is 5.69 Å². The Hall–Kier alpha value is -1.79. The normalized spacial score (nSPS) is 18.4. The summed E-state index contributed by atoms with van der Waals surface area (Å²) in [6.45, 7) is 0.983. The number of carbonyl (C=O) groups excluding carboxylic acids is 1. The van der Waals surface area contributed by atoms with Crippen LogP contribution < -0.4 is 10.6 Å². The van der Waals surface area contributed by atoms with Gasteiger partial charge in [-0.25, -0.2) is 4.98 Å². The molecule has 1 unspecified atom stereocenters. The van der Waals surface area contributed by atoms with Gasteiger partial charge in [0, 0.05) is 54.2 Å². The van der Waals surface area contributed by atoms with Gasteiger partial charge in [-0.3, -0.25) is 4.79 Å². The Balaban J connectivity index is 1.62. The minimum atomic E-state index is 0.0478. The van der Waals surface area contributed by atoms with Crippen LogP contribution in [0.1, 0.15) is 6.42 Å². The Morgan fingerprint density at radius 3 is 3.19 bits per heavy atom. The Morgan fingerprint density at radius 2 is 2.43 bits per heavy atom. The number of rotatable bonds is 4. The lowest BCUT2D eigenvalue weighted by molar-refractivity contribution is -0.116. The Labute approximate surface area is 127 Å². The molecule has 1 aromatic heterocycles. The zero-order chi connectivity index (χ0) is 14.5. The summed E-state index contributed by atoms with van der Waals surface area (Å²) in [6, 6.07) is 7.99. The number of nitrogens with zero attached hydrogens (tertiary/aromatic N) is 1. The average molecular weight is 302 g/mol. The maximum atomic E-state index is 12.1. The maximum absolute atomic E-state index is 12.1. The van der Waals surface area contributed by atoms with Crippen molar-refractivity contribution in [3.05, 3.63) is 36.7 Å². The third-order valence-electron chi connectivity index (χ3n) is 3.35. The molecule has 1 aromatic carbocycles. The monoisotopic (exact) mass is 302 g/mol. The molecule has 1 atom stereocenters. The van der Waals surface area contributed by atoms with Crippen LogP contribution in [0.15, 0.2) is 36.7 Å².